The van der Waals surface area contributed by atoms with Gasteiger partial charge in [0, 0.05) is 22.4 Å². The van der Waals surface area contributed by atoms with Gasteiger partial charge in [0.1, 0.15) is 5.75 Å². The van der Waals surface area contributed by atoms with Crippen LogP contribution < -0.4 is 10.1 Å². The highest BCUT2D eigenvalue weighted by Crippen LogP contribution is 2.21. The number of nitrogens with one attached hydrogen (secondary N) is 1. The number of benzene rings is 2. The highest BCUT2D eigenvalue weighted by Gasteiger charge is 2.16. The molecule has 0 saturated heterocycles. The second-order valence-corrected chi connectivity index (χ2v) is 5.65. The molecule has 0 amide bonds. The van der Waals surface area contributed by atoms with Gasteiger partial charge in [0.25, 0.3) is 0 Å². The Labute approximate surface area is 152 Å². The van der Waals surface area contributed by atoms with E-state index in [9.17, 15) is 0 Å². The van der Waals surface area contributed by atoms with Gasteiger partial charge in [-0.05, 0) is 47.2 Å². The second kappa shape index (κ2) is 10.6. The van der Waals surface area contributed by atoms with Crippen molar-refractivity contribution < 1.29 is 4.74 Å². The molecule has 0 unspecified atom stereocenters. The van der Waals surface area contributed by atoms with E-state index >= 15 is 0 Å². The largest absolute Gasteiger partial charge is 0.497 e. The first kappa shape index (κ1) is 19.1. The van der Waals surface area contributed by atoms with Crippen molar-refractivity contribution in [1.29, 1.82) is 0 Å². The van der Waals surface area contributed by atoms with Gasteiger partial charge in [-0.25, -0.2) is 0 Å². The molecule has 0 spiro atoms. The van der Waals surface area contributed by atoms with E-state index in [1.807, 2.05) is 54.6 Å². The number of hydrogen-bond donors (Lipinski definition) is 1. The quantitative estimate of drug-likeness (QED) is 0.372. The molecule has 134 valence electrons. The zero-order valence-electron chi connectivity index (χ0n) is 14.6. The average molecular weight is 351 g/mol. The van der Waals surface area contributed by atoms with E-state index in [-0.39, 0.29) is 12.6 Å². The van der Waals surface area contributed by atoms with Gasteiger partial charge in [-0.15, -0.1) is 0 Å². The predicted molar refractivity (Wildman–Crippen MR) is 101 cm³/mol. The number of rotatable bonds is 10. The summed E-state index contributed by atoms with van der Waals surface area (Å²) < 4.78 is 5.25. The van der Waals surface area contributed by atoms with Gasteiger partial charge in [-0.2, -0.15) is 0 Å². The summed E-state index contributed by atoms with van der Waals surface area (Å²) in [6.07, 6.45) is 0.972. The molecule has 0 aromatic heterocycles. The Morgan fingerprint density at radius 2 is 1.88 bits per heavy atom. The Kier molecular flexibility index (Phi) is 7.83. The normalized spacial score (nSPS) is 12.3. The molecule has 0 aliphatic rings. The minimum atomic E-state index is -0.426. The Bertz CT molecular complexity index is 783. The van der Waals surface area contributed by atoms with E-state index in [0.29, 0.717) is 12.2 Å². The molecule has 8 heteroatoms. The average Bonchev–Trinajstić information content (AvgIpc) is 2.70. The van der Waals surface area contributed by atoms with Gasteiger partial charge >= 0.3 is 0 Å². The van der Waals surface area contributed by atoms with Crippen LogP contribution >= 0.6 is 0 Å². The van der Waals surface area contributed by atoms with Gasteiger partial charge in [-0.3, -0.25) is 0 Å². The van der Waals surface area contributed by atoms with Crippen molar-refractivity contribution in [2.75, 3.05) is 13.7 Å². The summed E-state index contributed by atoms with van der Waals surface area (Å²) in [5.74, 6) is 0.708. The molecule has 0 aliphatic heterocycles. The van der Waals surface area contributed by atoms with Crippen LogP contribution in [0, 0.1) is 0 Å². The maximum atomic E-state index is 8.89. The molecule has 1 N–H and O–H groups in total. The third kappa shape index (κ3) is 6.03. The Morgan fingerprint density at radius 3 is 2.58 bits per heavy atom. The van der Waals surface area contributed by atoms with E-state index in [1.165, 1.54) is 5.56 Å². The van der Waals surface area contributed by atoms with Crippen LogP contribution in [0.5, 0.6) is 5.75 Å². The number of azide groups is 2. The van der Waals surface area contributed by atoms with Crippen molar-refractivity contribution in [2.24, 2.45) is 10.2 Å². The molecule has 0 radical (unpaired) electrons. The minimum absolute atomic E-state index is 0.201. The second-order valence-electron chi connectivity index (χ2n) is 5.65. The van der Waals surface area contributed by atoms with E-state index in [4.69, 9.17) is 15.8 Å². The third-order valence-electron chi connectivity index (χ3n) is 3.96. The molecule has 0 bridgehead atoms. The maximum absolute atomic E-state index is 8.89. The van der Waals surface area contributed by atoms with Crippen molar-refractivity contribution in [3.63, 3.8) is 0 Å². The van der Waals surface area contributed by atoms with Gasteiger partial charge in [-0.1, -0.05) is 52.7 Å². The fourth-order valence-electron chi connectivity index (χ4n) is 2.65. The van der Waals surface area contributed by atoms with Crippen LogP contribution in [0.3, 0.4) is 0 Å². The van der Waals surface area contributed by atoms with Gasteiger partial charge in [0.15, 0.2) is 0 Å². The van der Waals surface area contributed by atoms with Gasteiger partial charge < -0.3 is 10.1 Å². The number of aryl methyl sites for hydroxylation is 1. The number of nitrogens with zero attached hydrogens (tertiary/aromatic N) is 6. The summed E-state index contributed by atoms with van der Waals surface area (Å²) in [5, 5.41) is 10.8. The van der Waals surface area contributed by atoms with Crippen LogP contribution in [-0.4, -0.2) is 19.8 Å². The molecule has 2 atom stereocenters. The molecule has 0 fully saturated rings. The smallest absolute Gasteiger partial charge is 0.119 e. The fourth-order valence-corrected chi connectivity index (χ4v) is 2.65. The van der Waals surface area contributed by atoms with E-state index in [0.717, 1.165) is 12.0 Å². The molecule has 26 heavy (non-hydrogen) atoms. The molecule has 0 saturated carbocycles. The van der Waals surface area contributed by atoms with Crippen molar-refractivity contribution in [3.8, 4) is 5.75 Å². The molecule has 0 aliphatic carbocycles. The number of hydrogen-bond acceptors (Lipinski definition) is 4. The summed E-state index contributed by atoms with van der Waals surface area (Å²) in [5.41, 5.74) is 19.6. The van der Waals surface area contributed by atoms with Gasteiger partial charge in [0.05, 0.1) is 13.3 Å². The van der Waals surface area contributed by atoms with E-state index in [1.54, 1.807) is 7.11 Å². The van der Waals surface area contributed by atoms with Crippen molar-refractivity contribution in [1.82, 2.24) is 5.32 Å². The van der Waals surface area contributed by atoms with Crippen LogP contribution in [0.4, 0.5) is 0 Å². The molecule has 2 rings (SSSR count). The maximum Gasteiger partial charge on any atom is 0.119 e. The standard InChI is InChI=1S/C18H21N7O/c1-26-16-9-5-8-15(12-16)17(13-21-24-19)22-18(23-25-20)11-10-14-6-3-2-4-7-14/h2-9,12,17-18,22H,10-11,13H2,1H3/t17-,18+/m0/s1. The molecule has 0 heterocycles. The summed E-state index contributed by atoms with van der Waals surface area (Å²) in [6.45, 7) is 0.201. The van der Waals surface area contributed by atoms with Crippen molar-refractivity contribution in [3.05, 3.63) is 86.6 Å². The topological polar surface area (TPSA) is 119 Å². The summed E-state index contributed by atoms with van der Waals surface area (Å²) in [7, 11) is 1.59. The Hall–Kier alpha value is -3.18. The summed E-state index contributed by atoms with van der Waals surface area (Å²) in [4.78, 5) is 5.78. The SMILES string of the molecule is COc1cccc([C@H](CN=[N+]=[N-])N[C@@H](CCc2ccccc2)N=[N+]=[N-])c1. The molecule has 8 nitrogen and oxygen atoms in total. The molecular formula is C18H21N7O. The highest BCUT2D eigenvalue weighted by molar-refractivity contribution is 5.31. The van der Waals surface area contributed by atoms with Crippen molar-refractivity contribution in [2.45, 2.75) is 25.0 Å². The number of ether oxygens (including phenoxy) is 1. The minimum Gasteiger partial charge on any atom is -0.497 e. The first-order valence-electron chi connectivity index (χ1n) is 8.25. The van der Waals surface area contributed by atoms with Crippen LogP contribution in [0.1, 0.15) is 23.6 Å². The Morgan fingerprint density at radius 1 is 1.08 bits per heavy atom. The molecule has 2 aromatic rings. The lowest BCUT2D eigenvalue weighted by Crippen LogP contribution is -2.33. The lowest BCUT2D eigenvalue weighted by Gasteiger charge is -2.22. The monoisotopic (exact) mass is 351 g/mol. The summed E-state index contributed by atoms with van der Waals surface area (Å²) >= 11 is 0. The lowest BCUT2D eigenvalue weighted by atomic mass is 10.0. The Balaban J connectivity index is 2.13. The third-order valence-corrected chi connectivity index (χ3v) is 3.96. The number of methoxy groups -OCH3 is 1. The van der Waals surface area contributed by atoms with Crippen LogP contribution in [0.15, 0.2) is 64.8 Å². The van der Waals surface area contributed by atoms with Crippen molar-refractivity contribution >= 4 is 0 Å². The van der Waals surface area contributed by atoms with Gasteiger partial charge in [0.2, 0.25) is 0 Å². The predicted octanol–water partition coefficient (Wildman–Crippen LogP) is 4.91. The molecular weight excluding hydrogens is 330 g/mol. The zero-order valence-corrected chi connectivity index (χ0v) is 14.6. The zero-order chi connectivity index (χ0) is 18.6. The lowest BCUT2D eigenvalue weighted by molar-refractivity contribution is 0.407. The van der Waals surface area contributed by atoms with Crippen LogP contribution in [-0.2, 0) is 6.42 Å². The van der Waals surface area contributed by atoms with E-state index < -0.39 is 6.17 Å². The first-order chi connectivity index (χ1) is 12.8. The molecule has 2 aromatic carbocycles. The fraction of sp³-hybridized carbons (Fsp3) is 0.333. The highest BCUT2D eigenvalue weighted by atomic mass is 16.5. The van der Waals surface area contributed by atoms with Crippen LogP contribution in [0.25, 0.3) is 20.9 Å². The first-order valence-corrected chi connectivity index (χ1v) is 8.25. The summed E-state index contributed by atoms with van der Waals surface area (Å²) in [6, 6.07) is 17.2. The van der Waals surface area contributed by atoms with Crippen LogP contribution in [0.2, 0.25) is 0 Å². The van der Waals surface area contributed by atoms with E-state index in [2.05, 4.69) is 25.4 Å².